The van der Waals surface area contributed by atoms with E-state index in [4.69, 9.17) is 4.74 Å². The zero-order valence-electron chi connectivity index (χ0n) is 14.1. The van der Waals surface area contributed by atoms with E-state index in [2.05, 4.69) is 6.92 Å². The van der Waals surface area contributed by atoms with Gasteiger partial charge in [-0.15, -0.1) is 11.3 Å². The van der Waals surface area contributed by atoms with Gasteiger partial charge < -0.3 is 4.74 Å². The zero-order chi connectivity index (χ0) is 17.1. The van der Waals surface area contributed by atoms with Gasteiger partial charge in [0.2, 0.25) is 0 Å². The molecule has 128 valence electrons. The molecule has 3 aromatic rings. The van der Waals surface area contributed by atoms with E-state index >= 15 is 0 Å². The van der Waals surface area contributed by atoms with Gasteiger partial charge in [-0.1, -0.05) is 38.8 Å². The quantitative estimate of drug-likeness (QED) is 0.424. The molecule has 1 aromatic heterocycles. The van der Waals surface area contributed by atoms with E-state index in [9.17, 15) is 8.78 Å². The highest BCUT2D eigenvalue weighted by atomic mass is 32.1. The van der Waals surface area contributed by atoms with Gasteiger partial charge in [0, 0.05) is 10.8 Å². The molecule has 0 spiro atoms. The number of fused-ring (bicyclic) bond motifs is 3. The van der Waals surface area contributed by atoms with Crippen LogP contribution in [0.5, 0.6) is 5.75 Å². The molecule has 0 amide bonds. The smallest absolute Gasteiger partial charge is 0.182 e. The van der Waals surface area contributed by atoms with Crippen LogP contribution >= 0.6 is 11.3 Å². The van der Waals surface area contributed by atoms with Crippen molar-refractivity contribution in [3.05, 3.63) is 41.5 Å². The topological polar surface area (TPSA) is 9.23 Å². The lowest BCUT2D eigenvalue weighted by molar-refractivity contribution is 0.303. The second kappa shape index (κ2) is 7.47. The Morgan fingerprint density at radius 1 is 0.875 bits per heavy atom. The lowest BCUT2D eigenvalue weighted by Crippen LogP contribution is -1.97. The molecule has 0 atom stereocenters. The molecule has 0 aliphatic rings. The molecular weight excluding hydrogens is 326 g/mol. The fraction of sp³-hybridized carbons (Fsp3) is 0.400. The lowest BCUT2D eigenvalue weighted by atomic mass is 10.0. The van der Waals surface area contributed by atoms with Gasteiger partial charge >= 0.3 is 0 Å². The summed E-state index contributed by atoms with van der Waals surface area (Å²) in [6, 6.07) is 7.24. The summed E-state index contributed by atoms with van der Waals surface area (Å²) in [4.78, 5) is 0. The van der Waals surface area contributed by atoms with Crippen LogP contribution in [0.15, 0.2) is 24.3 Å². The van der Waals surface area contributed by atoms with Gasteiger partial charge in [-0.2, -0.15) is 0 Å². The molecule has 0 unspecified atom stereocenters. The molecule has 2 aromatic carbocycles. The van der Waals surface area contributed by atoms with E-state index in [0.717, 1.165) is 48.4 Å². The highest BCUT2D eigenvalue weighted by molar-refractivity contribution is 7.25. The minimum absolute atomic E-state index is 0.194. The van der Waals surface area contributed by atoms with Crippen LogP contribution in [0.3, 0.4) is 0 Å². The molecule has 3 rings (SSSR count). The van der Waals surface area contributed by atoms with Crippen molar-refractivity contribution in [2.24, 2.45) is 0 Å². The number of unbranched alkanes of at least 4 members (excludes halogenated alkanes) is 2. The predicted octanol–water partition coefficient (Wildman–Crippen LogP) is 6.85. The summed E-state index contributed by atoms with van der Waals surface area (Å²) in [7, 11) is 0. The van der Waals surface area contributed by atoms with Crippen molar-refractivity contribution in [1.82, 2.24) is 0 Å². The van der Waals surface area contributed by atoms with Crippen molar-refractivity contribution < 1.29 is 13.5 Å². The van der Waals surface area contributed by atoms with Crippen LogP contribution in [0.25, 0.3) is 20.2 Å². The van der Waals surface area contributed by atoms with Gasteiger partial charge in [0.1, 0.15) is 5.82 Å². The van der Waals surface area contributed by atoms with Crippen LogP contribution in [0.4, 0.5) is 8.78 Å². The molecular formula is C20H22F2OS. The van der Waals surface area contributed by atoms with E-state index in [0.29, 0.717) is 16.0 Å². The van der Waals surface area contributed by atoms with Gasteiger partial charge in [0.25, 0.3) is 0 Å². The maximum absolute atomic E-state index is 14.8. The first-order valence-electron chi connectivity index (χ1n) is 8.62. The summed E-state index contributed by atoms with van der Waals surface area (Å²) in [5.74, 6) is -0.325. The normalized spacial score (nSPS) is 11.5. The molecule has 0 bridgehead atoms. The minimum Gasteiger partial charge on any atom is -0.490 e. The number of thiophene rings is 1. The molecule has 1 heterocycles. The first kappa shape index (κ1) is 17.2. The van der Waals surface area contributed by atoms with Gasteiger partial charge in [-0.05, 0) is 37.0 Å². The second-order valence-electron chi connectivity index (χ2n) is 6.08. The van der Waals surface area contributed by atoms with Gasteiger partial charge in [0.15, 0.2) is 11.6 Å². The van der Waals surface area contributed by atoms with Crippen molar-refractivity contribution >= 4 is 31.5 Å². The molecule has 4 heteroatoms. The van der Waals surface area contributed by atoms with Crippen molar-refractivity contribution in [3.63, 3.8) is 0 Å². The third kappa shape index (κ3) is 3.12. The summed E-state index contributed by atoms with van der Waals surface area (Å²) in [6.45, 7) is 4.58. The van der Waals surface area contributed by atoms with Crippen molar-refractivity contribution in [2.75, 3.05) is 6.61 Å². The third-order valence-corrected chi connectivity index (χ3v) is 5.45. The molecule has 0 saturated heterocycles. The van der Waals surface area contributed by atoms with E-state index in [1.165, 1.54) is 11.3 Å². The summed E-state index contributed by atoms with van der Waals surface area (Å²) >= 11 is 1.19. The molecule has 0 aliphatic carbocycles. The van der Waals surface area contributed by atoms with Gasteiger partial charge in [-0.3, -0.25) is 0 Å². The van der Waals surface area contributed by atoms with Crippen LogP contribution < -0.4 is 4.74 Å². The highest BCUT2D eigenvalue weighted by Gasteiger charge is 2.17. The summed E-state index contributed by atoms with van der Waals surface area (Å²) in [6.07, 6.45) is 4.74. The monoisotopic (exact) mass is 348 g/mol. The number of hydrogen-bond acceptors (Lipinski definition) is 2. The number of hydrogen-bond donors (Lipinski definition) is 0. The first-order chi connectivity index (χ1) is 11.7. The maximum atomic E-state index is 14.8. The summed E-state index contributed by atoms with van der Waals surface area (Å²) in [5, 5.41) is 1.54. The Kier molecular flexibility index (Phi) is 5.34. The van der Waals surface area contributed by atoms with E-state index < -0.39 is 0 Å². The minimum atomic E-state index is -0.380. The van der Waals surface area contributed by atoms with Crippen molar-refractivity contribution in [2.45, 2.75) is 46.0 Å². The molecule has 1 nitrogen and oxygen atoms in total. The largest absolute Gasteiger partial charge is 0.490 e. The fourth-order valence-electron chi connectivity index (χ4n) is 2.94. The zero-order valence-corrected chi connectivity index (χ0v) is 14.9. The Labute approximate surface area is 145 Å². The van der Waals surface area contributed by atoms with Crippen LogP contribution in [0.2, 0.25) is 0 Å². The third-order valence-electron chi connectivity index (χ3n) is 4.24. The standard InChI is InChI=1S/C20H22F2OS/c1-3-5-6-7-13-8-9-14-15-10-11-16(23-12-4-2)18(22)20(15)24-19(14)17(13)21/h8-11H,3-7,12H2,1-2H3. The number of benzene rings is 2. The highest BCUT2D eigenvalue weighted by Crippen LogP contribution is 2.40. The van der Waals surface area contributed by atoms with Gasteiger partial charge in [-0.25, -0.2) is 8.78 Å². The Morgan fingerprint density at radius 3 is 2.29 bits per heavy atom. The molecule has 0 aliphatic heterocycles. The molecule has 0 fully saturated rings. The predicted molar refractivity (Wildman–Crippen MR) is 98.3 cm³/mol. The molecule has 0 radical (unpaired) electrons. The Bertz CT molecular complexity index is 854. The number of aryl methyl sites for hydroxylation is 1. The summed E-state index contributed by atoms with van der Waals surface area (Å²) in [5.41, 5.74) is 0.727. The van der Waals surface area contributed by atoms with Crippen LogP contribution in [0, 0.1) is 11.6 Å². The lowest BCUT2D eigenvalue weighted by Gasteiger charge is -2.06. The number of halogens is 2. The Hall–Kier alpha value is -1.68. The van der Waals surface area contributed by atoms with E-state index in [1.54, 1.807) is 6.07 Å². The average molecular weight is 348 g/mol. The van der Waals surface area contributed by atoms with Gasteiger partial charge in [0.05, 0.1) is 16.0 Å². The first-order valence-corrected chi connectivity index (χ1v) is 9.43. The molecule has 0 saturated carbocycles. The second-order valence-corrected chi connectivity index (χ2v) is 7.10. The van der Waals surface area contributed by atoms with Crippen LogP contribution in [0.1, 0.15) is 45.1 Å². The maximum Gasteiger partial charge on any atom is 0.182 e. The molecule has 24 heavy (non-hydrogen) atoms. The average Bonchev–Trinajstić information content (AvgIpc) is 2.97. The number of rotatable bonds is 7. The Balaban J connectivity index is 2.06. The Morgan fingerprint density at radius 2 is 1.58 bits per heavy atom. The SMILES string of the molecule is CCCCCc1ccc2c(sc3c(F)c(OCCC)ccc32)c1F. The number of ether oxygens (including phenoxy) is 1. The van der Waals surface area contributed by atoms with Crippen LogP contribution in [-0.4, -0.2) is 6.61 Å². The summed E-state index contributed by atoms with van der Waals surface area (Å²) < 4.78 is 36.0. The molecule has 0 N–H and O–H groups in total. The fourth-order valence-corrected chi connectivity index (χ4v) is 4.13. The van der Waals surface area contributed by atoms with Crippen molar-refractivity contribution in [3.8, 4) is 5.75 Å². The van der Waals surface area contributed by atoms with Crippen molar-refractivity contribution in [1.29, 1.82) is 0 Å². The van der Waals surface area contributed by atoms with E-state index in [-0.39, 0.29) is 17.4 Å². The van der Waals surface area contributed by atoms with Crippen LogP contribution in [-0.2, 0) is 6.42 Å². The van der Waals surface area contributed by atoms with E-state index in [1.807, 2.05) is 25.1 Å².